The van der Waals surface area contributed by atoms with Crippen molar-refractivity contribution in [1.29, 1.82) is 0 Å². The fourth-order valence-corrected chi connectivity index (χ4v) is 6.77. The minimum Gasteiger partial charge on any atom is -0.483 e. The maximum Gasteiger partial charge on any atom is 0.192 e. The smallest absolute Gasteiger partial charge is 0.192 e. The number of ketones is 1. The Morgan fingerprint density at radius 3 is 2.63 bits per heavy atom. The molecule has 2 fully saturated rings. The molecule has 0 saturated heterocycles. The fourth-order valence-electron chi connectivity index (χ4n) is 5.83. The highest BCUT2D eigenvalue weighted by Gasteiger charge is 2.43. The van der Waals surface area contributed by atoms with Gasteiger partial charge in [0.15, 0.2) is 28.3 Å². The number of carbonyl (C=O) groups is 1. The van der Waals surface area contributed by atoms with Gasteiger partial charge in [0.1, 0.15) is 6.61 Å². The average molecular weight is 494 g/mol. The number of hydrogen-bond donors (Lipinski definition) is 0. The Kier molecular flexibility index (Phi) is 7.23. The Hall–Kier alpha value is -2.67. The number of aryl methyl sites for hydroxylation is 1. The largest absolute Gasteiger partial charge is 0.483 e. The summed E-state index contributed by atoms with van der Waals surface area (Å²) >= 11 is 1.42. The van der Waals surface area contributed by atoms with Crippen LogP contribution in [0.15, 0.2) is 53.7 Å². The van der Waals surface area contributed by atoms with Crippen LogP contribution < -0.4 is 4.74 Å². The van der Waals surface area contributed by atoms with E-state index in [1.807, 2.05) is 24.3 Å². The van der Waals surface area contributed by atoms with Crippen molar-refractivity contribution in [1.82, 2.24) is 14.8 Å². The first-order chi connectivity index (χ1) is 17.0. The number of Topliss-reactive ketones (excluding diaryl/α,β-unsaturated/α-hetero) is 1. The Labute approximate surface area is 210 Å². The van der Waals surface area contributed by atoms with Gasteiger partial charge in [0.05, 0.1) is 5.75 Å². The van der Waals surface area contributed by atoms with Gasteiger partial charge < -0.3 is 4.74 Å². The van der Waals surface area contributed by atoms with Crippen LogP contribution in [-0.2, 0) is 13.0 Å². The van der Waals surface area contributed by atoms with Crippen LogP contribution in [0, 0.1) is 23.6 Å². The summed E-state index contributed by atoms with van der Waals surface area (Å²) in [5.74, 6) is 2.97. The molecule has 184 valence electrons. The summed E-state index contributed by atoms with van der Waals surface area (Å²) in [7, 11) is 0. The maximum atomic E-state index is 14.1. The third-order valence-corrected chi connectivity index (χ3v) is 8.71. The molecule has 0 spiro atoms. The first-order valence-electron chi connectivity index (χ1n) is 12.6. The van der Waals surface area contributed by atoms with Crippen molar-refractivity contribution >= 4 is 17.5 Å². The summed E-state index contributed by atoms with van der Waals surface area (Å²) in [5.41, 5.74) is 1.93. The van der Waals surface area contributed by atoms with Crippen molar-refractivity contribution < 1.29 is 13.9 Å². The van der Waals surface area contributed by atoms with E-state index in [1.165, 1.54) is 49.1 Å². The predicted molar refractivity (Wildman–Crippen MR) is 135 cm³/mol. The zero-order chi connectivity index (χ0) is 24.4. The lowest BCUT2D eigenvalue weighted by Crippen LogP contribution is -2.24. The third-order valence-electron chi connectivity index (χ3n) is 7.76. The van der Waals surface area contributed by atoms with Crippen LogP contribution in [0.1, 0.15) is 67.3 Å². The van der Waals surface area contributed by atoms with E-state index < -0.39 is 5.82 Å². The SMILES string of the molecule is CCc1ccc(C(=O)CSc2nnc(COc3ccccc3F)n2[C@@H](C)[C@H]2C[C@H]3CC[C@H]2C3)cc1. The monoisotopic (exact) mass is 493 g/mol. The second kappa shape index (κ2) is 10.5. The Morgan fingerprint density at radius 2 is 1.94 bits per heavy atom. The Bertz CT molecular complexity index is 1180. The molecule has 0 unspecified atom stereocenters. The molecule has 0 amide bonds. The molecule has 0 radical (unpaired) electrons. The van der Waals surface area contributed by atoms with Crippen LogP contribution >= 0.6 is 11.8 Å². The number of benzene rings is 2. The molecule has 0 N–H and O–H groups in total. The quantitative estimate of drug-likeness (QED) is 0.237. The average Bonchev–Trinajstić information content (AvgIpc) is 3.62. The second-order valence-corrected chi connectivity index (χ2v) is 10.8. The predicted octanol–water partition coefficient (Wildman–Crippen LogP) is 6.53. The van der Waals surface area contributed by atoms with Gasteiger partial charge in [-0.2, -0.15) is 0 Å². The standard InChI is InChI=1S/C28H32FN3O2S/c1-3-19-8-11-21(12-9-19)25(33)17-35-28-31-30-27(16-34-26-7-5-4-6-24(26)29)32(28)18(2)23-15-20-10-13-22(23)14-20/h4-9,11-12,18,20,22-23H,3,10,13-17H2,1-2H3/t18-,20-,22-,23+/m0/s1. The third kappa shape index (κ3) is 5.15. The summed E-state index contributed by atoms with van der Waals surface area (Å²) in [4.78, 5) is 12.9. The summed E-state index contributed by atoms with van der Waals surface area (Å²) in [5, 5.41) is 9.60. The van der Waals surface area contributed by atoms with Crippen LogP contribution in [-0.4, -0.2) is 26.3 Å². The second-order valence-electron chi connectivity index (χ2n) is 9.83. The topological polar surface area (TPSA) is 57.0 Å². The molecule has 2 aromatic carbocycles. The van der Waals surface area contributed by atoms with E-state index in [1.54, 1.807) is 18.2 Å². The lowest BCUT2D eigenvalue weighted by Gasteiger charge is -2.30. The van der Waals surface area contributed by atoms with E-state index in [2.05, 4.69) is 28.6 Å². The molecule has 2 aliphatic carbocycles. The number of rotatable bonds is 10. The zero-order valence-electron chi connectivity index (χ0n) is 20.3. The van der Waals surface area contributed by atoms with Crippen LogP contribution in [0.2, 0.25) is 0 Å². The van der Waals surface area contributed by atoms with Crippen molar-refractivity contribution in [3.05, 3.63) is 71.3 Å². The minimum absolute atomic E-state index is 0.0731. The normalized spacial score (nSPS) is 21.9. The number of carbonyl (C=O) groups excluding carboxylic acids is 1. The Balaban J connectivity index is 1.35. The van der Waals surface area contributed by atoms with Gasteiger partial charge in [0.25, 0.3) is 0 Å². The van der Waals surface area contributed by atoms with E-state index in [0.717, 1.165) is 23.4 Å². The maximum absolute atomic E-state index is 14.1. The molecule has 0 aliphatic heterocycles. The number of aromatic nitrogens is 3. The number of hydrogen-bond acceptors (Lipinski definition) is 5. The van der Waals surface area contributed by atoms with Crippen LogP contribution in [0.5, 0.6) is 5.75 Å². The van der Waals surface area contributed by atoms with Gasteiger partial charge in [-0.3, -0.25) is 9.36 Å². The van der Waals surface area contributed by atoms with Gasteiger partial charge in [-0.1, -0.05) is 61.5 Å². The van der Waals surface area contributed by atoms with E-state index in [-0.39, 0.29) is 24.2 Å². The molecule has 5 nitrogen and oxygen atoms in total. The summed E-state index contributed by atoms with van der Waals surface area (Å²) in [6, 6.07) is 14.4. The van der Waals surface area contributed by atoms with Crippen molar-refractivity contribution in [2.45, 2.75) is 63.8 Å². The number of fused-ring (bicyclic) bond motifs is 2. The number of thioether (sulfide) groups is 1. The van der Waals surface area contributed by atoms with Gasteiger partial charge in [-0.25, -0.2) is 4.39 Å². The minimum atomic E-state index is -0.394. The van der Waals surface area contributed by atoms with Gasteiger partial charge in [-0.15, -0.1) is 10.2 Å². The molecule has 2 bridgehead atoms. The van der Waals surface area contributed by atoms with E-state index >= 15 is 0 Å². The number of para-hydroxylation sites is 1. The lowest BCUT2D eigenvalue weighted by atomic mass is 9.84. The van der Waals surface area contributed by atoms with Crippen molar-refractivity contribution in [2.75, 3.05) is 5.75 Å². The highest BCUT2D eigenvalue weighted by Crippen LogP contribution is 2.52. The number of ether oxygens (including phenoxy) is 1. The van der Waals surface area contributed by atoms with E-state index in [9.17, 15) is 9.18 Å². The highest BCUT2D eigenvalue weighted by molar-refractivity contribution is 7.99. The van der Waals surface area contributed by atoms with Gasteiger partial charge in [0, 0.05) is 11.6 Å². The van der Waals surface area contributed by atoms with Crippen LogP contribution in [0.4, 0.5) is 4.39 Å². The zero-order valence-corrected chi connectivity index (χ0v) is 21.1. The molecule has 7 heteroatoms. The molecule has 3 aromatic rings. The van der Waals surface area contributed by atoms with Gasteiger partial charge in [0.2, 0.25) is 0 Å². The molecule has 4 atom stereocenters. The van der Waals surface area contributed by atoms with Crippen molar-refractivity contribution in [2.24, 2.45) is 17.8 Å². The first-order valence-corrected chi connectivity index (χ1v) is 13.6. The summed E-state index contributed by atoms with van der Waals surface area (Å²) < 4.78 is 22.1. The fraction of sp³-hybridized carbons (Fsp3) is 0.464. The van der Waals surface area contributed by atoms with Gasteiger partial charge in [-0.05, 0) is 68.1 Å². The molecular formula is C28H32FN3O2S. The highest BCUT2D eigenvalue weighted by atomic mass is 32.2. The van der Waals surface area contributed by atoms with E-state index in [4.69, 9.17) is 4.74 Å². The molecule has 2 aliphatic rings. The van der Waals surface area contributed by atoms with Crippen molar-refractivity contribution in [3.63, 3.8) is 0 Å². The van der Waals surface area contributed by atoms with E-state index in [0.29, 0.717) is 23.1 Å². The Morgan fingerprint density at radius 1 is 1.14 bits per heavy atom. The summed E-state index contributed by atoms with van der Waals surface area (Å²) in [6.45, 7) is 4.47. The molecule has 35 heavy (non-hydrogen) atoms. The van der Waals surface area contributed by atoms with Gasteiger partial charge >= 0.3 is 0 Å². The molecule has 1 aromatic heterocycles. The molecule has 5 rings (SSSR count). The van der Waals surface area contributed by atoms with Crippen molar-refractivity contribution in [3.8, 4) is 5.75 Å². The summed E-state index contributed by atoms with van der Waals surface area (Å²) in [6.07, 6.45) is 6.12. The lowest BCUT2D eigenvalue weighted by molar-refractivity contribution is 0.102. The van der Waals surface area contributed by atoms with Crippen LogP contribution in [0.25, 0.3) is 0 Å². The van der Waals surface area contributed by atoms with Crippen LogP contribution in [0.3, 0.4) is 0 Å². The number of nitrogens with zero attached hydrogens (tertiary/aromatic N) is 3. The molecular weight excluding hydrogens is 461 g/mol. The molecule has 1 heterocycles. The molecule has 2 saturated carbocycles. The number of halogens is 1. The first kappa shape index (κ1) is 24.0.